The molecule has 4 rings (SSSR count). The van der Waals surface area contributed by atoms with E-state index in [-0.39, 0.29) is 23.8 Å². The Morgan fingerprint density at radius 1 is 1.27 bits per heavy atom. The molecule has 22 heavy (non-hydrogen) atoms. The van der Waals surface area contributed by atoms with Gasteiger partial charge in [0.05, 0.1) is 18.3 Å². The van der Waals surface area contributed by atoms with Gasteiger partial charge in [-0.2, -0.15) is 0 Å². The van der Waals surface area contributed by atoms with Crippen LogP contribution in [0.1, 0.15) is 44.9 Å². The number of rotatable bonds is 7. The maximum absolute atomic E-state index is 11.7. The molecule has 2 N–H and O–H groups in total. The highest BCUT2D eigenvalue weighted by atomic mass is 16.6. The molecule has 124 valence electrons. The van der Waals surface area contributed by atoms with Crippen molar-refractivity contribution in [3.05, 3.63) is 12.7 Å². The first-order valence-electron chi connectivity index (χ1n) is 8.26. The second-order valence-corrected chi connectivity index (χ2v) is 7.43. The molecular formula is C17H26O5. The van der Waals surface area contributed by atoms with Crippen molar-refractivity contribution in [1.82, 2.24) is 0 Å². The summed E-state index contributed by atoms with van der Waals surface area (Å²) in [4.78, 5) is 11.7. The Kier molecular flexibility index (Phi) is 4.32. The number of ether oxygens (including phenoxy) is 2. The van der Waals surface area contributed by atoms with Crippen LogP contribution in [-0.2, 0) is 14.3 Å². The lowest BCUT2D eigenvalue weighted by molar-refractivity contribution is -0.232. The van der Waals surface area contributed by atoms with Crippen LogP contribution in [0.5, 0.6) is 0 Å². The maximum atomic E-state index is 11.7. The van der Waals surface area contributed by atoms with E-state index < -0.39 is 6.10 Å². The van der Waals surface area contributed by atoms with Crippen molar-refractivity contribution in [3.8, 4) is 0 Å². The minimum Gasteiger partial charge on any atom is -0.456 e. The van der Waals surface area contributed by atoms with Crippen molar-refractivity contribution in [2.24, 2.45) is 11.8 Å². The molecule has 0 saturated heterocycles. The summed E-state index contributed by atoms with van der Waals surface area (Å²) < 4.78 is 11.9. The largest absolute Gasteiger partial charge is 0.456 e. The number of hydrogen-bond donors (Lipinski definition) is 2. The van der Waals surface area contributed by atoms with Gasteiger partial charge in [0.1, 0.15) is 5.60 Å². The number of carbonyl (C=O) groups excluding carboxylic acids is 1. The quantitative estimate of drug-likeness (QED) is 0.551. The van der Waals surface area contributed by atoms with Crippen LogP contribution in [-0.4, -0.2) is 46.7 Å². The van der Waals surface area contributed by atoms with Crippen molar-refractivity contribution in [3.63, 3.8) is 0 Å². The smallest absolute Gasteiger partial charge is 0.330 e. The van der Waals surface area contributed by atoms with E-state index in [0.29, 0.717) is 24.9 Å². The lowest BCUT2D eigenvalue weighted by Gasteiger charge is -2.60. The first-order valence-corrected chi connectivity index (χ1v) is 8.26. The van der Waals surface area contributed by atoms with Gasteiger partial charge >= 0.3 is 5.97 Å². The van der Waals surface area contributed by atoms with Crippen LogP contribution in [0, 0.1) is 11.8 Å². The Morgan fingerprint density at radius 3 is 2.50 bits per heavy atom. The number of carbonyl (C=O) groups is 1. The van der Waals surface area contributed by atoms with Gasteiger partial charge in [0.2, 0.25) is 0 Å². The highest BCUT2D eigenvalue weighted by molar-refractivity contribution is 5.81. The third kappa shape index (κ3) is 3.07. The first-order chi connectivity index (χ1) is 10.5. The van der Waals surface area contributed by atoms with Gasteiger partial charge < -0.3 is 19.7 Å². The fourth-order valence-electron chi connectivity index (χ4n) is 5.14. The van der Waals surface area contributed by atoms with Gasteiger partial charge in [-0.15, -0.1) is 0 Å². The average molecular weight is 310 g/mol. The van der Waals surface area contributed by atoms with Crippen LogP contribution in [0.25, 0.3) is 0 Å². The predicted molar refractivity (Wildman–Crippen MR) is 80.1 cm³/mol. The number of aliphatic hydroxyl groups is 2. The topological polar surface area (TPSA) is 76.0 Å². The van der Waals surface area contributed by atoms with Crippen LogP contribution in [0.3, 0.4) is 0 Å². The second-order valence-electron chi connectivity index (χ2n) is 7.43. The molecule has 0 aromatic rings. The van der Waals surface area contributed by atoms with E-state index in [1.54, 1.807) is 0 Å². The summed E-state index contributed by atoms with van der Waals surface area (Å²) in [7, 11) is 0. The summed E-state index contributed by atoms with van der Waals surface area (Å²) in [6, 6.07) is 0. The summed E-state index contributed by atoms with van der Waals surface area (Å²) in [5.41, 5.74) is -0.605. The molecule has 4 bridgehead atoms. The van der Waals surface area contributed by atoms with Crippen molar-refractivity contribution in [1.29, 1.82) is 0 Å². The average Bonchev–Trinajstić information content (AvgIpc) is 2.44. The maximum Gasteiger partial charge on any atom is 0.330 e. The van der Waals surface area contributed by atoms with Crippen molar-refractivity contribution in [2.45, 2.75) is 62.3 Å². The Labute approximate surface area is 131 Å². The van der Waals surface area contributed by atoms with Crippen LogP contribution >= 0.6 is 0 Å². The summed E-state index contributed by atoms with van der Waals surface area (Å²) in [5, 5.41) is 18.4. The third-order valence-electron chi connectivity index (χ3n) is 5.51. The van der Waals surface area contributed by atoms with Crippen molar-refractivity contribution in [2.75, 3.05) is 13.2 Å². The van der Waals surface area contributed by atoms with Crippen LogP contribution in [0.2, 0.25) is 0 Å². The van der Waals surface area contributed by atoms with Gasteiger partial charge in [0.15, 0.2) is 0 Å². The molecular weight excluding hydrogens is 284 g/mol. The molecule has 0 heterocycles. The molecule has 0 radical (unpaired) electrons. The van der Waals surface area contributed by atoms with E-state index in [2.05, 4.69) is 6.58 Å². The predicted octanol–water partition coefficient (Wildman–Crippen LogP) is 1.57. The SMILES string of the molecule is C=CC(=O)OC12CC3CC(CC(OCCC(O)CO)(C3)C1)C2. The van der Waals surface area contributed by atoms with Gasteiger partial charge in [0, 0.05) is 19.1 Å². The van der Waals surface area contributed by atoms with E-state index in [4.69, 9.17) is 14.6 Å². The minimum atomic E-state index is -0.721. The monoisotopic (exact) mass is 310 g/mol. The molecule has 3 atom stereocenters. The van der Waals surface area contributed by atoms with Gasteiger partial charge in [-0.25, -0.2) is 4.79 Å². The standard InChI is InChI=1S/C17H26O5/c1-2-15(20)22-17-8-12-5-13(9-17)7-16(6-12,11-17)21-4-3-14(19)10-18/h2,12-14,18-19H,1,3-11H2. The summed E-state index contributed by atoms with van der Waals surface area (Å²) in [6.45, 7) is 3.70. The first kappa shape index (κ1) is 16.0. The lowest BCUT2D eigenvalue weighted by Crippen LogP contribution is -2.61. The van der Waals surface area contributed by atoms with E-state index in [1.165, 1.54) is 12.5 Å². The molecule has 5 nitrogen and oxygen atoms in total. The number of hydrogen-bond acceptors (Lipinski definition) is 5. The summed E-state index contributed by atoms with van der Waals surface area (Å²) in [5.74, 6) is 0.774. The molecule has 4 fully saturated rings. The highest BCUT2D eigenvalue weighted by Gasteiger charge is 2.60. The van der Waals surface area contributed by atoms with Crippen molar-refractivity contribution < 1.29 is 24.5 Å². The fraction of sp³-hybridized carbons (Fsp3) is 0.824. The Morgan fingerprint density at radius 2 is 1.91 bits per heavy atom. The highest BCUT2D eigenvalue weighted by Crippen LogP contribution is 2.60. The number of esters is 1. The minimum absolute atomic E-state index is 0.222. The summed E-state index contributed by atoms with van der Waals surface area (Å²) >= 11 is 0. The molecule has 0 spiro atoms. The molecule has 4 aliphatic carbocycles. The lowest BCUT2D eigenvalue weighted by atomic mass is 9.52. The molecule has 3 unspecified atom stereocenters. The van der Waals surface area contributed by atoms with E-state index >= 15 is 0 Å². The fourth-order valence-corrected chi connectivity index (χ4v) is 5.14. The molecule has 4 aliphatic rings. The van der Waals surface area contributed by atoms with Gasteiger partial charge in [-0.3, -0.25) is 0 Å². The summed E-state index contributed by atoms with van der Waals surface area (Å²) in [6.07, 6.45) is 6.83. The zero-order valence-corrected chi connectivity index (χ0v) is 13.0. The van der Waals surface area contributed by atoms with Crippen LogP contribution in [0.4, 0.5) is 0 Å². The van der Waals surface area contributed by atoms with Gasteiger partial charge in [0.25, 0.3) is 0 Å². The van der Waals surface area contributed by atoms with Gasteiger partial charge in [-0.1, -0.05) is 6.58 Å². The van der Waals surface area contributed by atoms with E-state index in [1.807, 2.05) is 0 Å². The van der Waals surface area contributed by atoms with Crippen LogP contribution in [0.15, 0.2) is 12.7 Å². The molecule has 4 saturated carbocycles. The Bertz CT molecular complexity index is 432. The molecule has 5 heteroatoms. The normalized spacial score (nSPS) is 40.5. The molecule has 0 aromatic carbocycles. The van der Waals surface area contributed by atoms with E-state index in [9.17, 15) is 9.90 Å². The van der Waals surface area contributed by atoms with Crippen molar-refractivity contribution >= 4 is 5.97 Å². The third-order valence-corrected chi connectivity index (χ3v) is 5.51. The Hall–Kier alpha value is -0.910. The molecule has 0 aromatic heterocycles. The molecule has 0 amide bonds. The number of aliphatic hydroxyl groups excluding tert-OH is 2. The second kappa shape index (κ2) is 5.95. The zero-order chi connectivity index (χ0) is 15.8. The Balaban J connectivity index is 1.68. The molecule has 0 aliphatic heterocycles. The zero-order valence-electron chi connectivity index (χ0n) is 13.0. The van der Waals surface area contributed by atoms with Gasteiger partial charge in [-0.05, 0) is 50.4 Å². The van der Waals surface area contributed by atoms with E-state index in [0.717, 1.165) is 32.1 Å². The van der Waals surface area contributed by atoms with Crippen LogP contribution < -0.4 is 0 Å².